The molecule has 0 aromatic heterocycles. The van der Waals surface area contributed by atoms with Crippen LogP contribution in [-0.4, -0.2) is 24.4 Å². The Morgan fingerprint density at radius 2 is 2.00 bits per heavy atom. The molecule has 0 saturated carbocycles. The van der Waals surface area contributed by atoms with E-state index in [1.165, 1.54) is 5.56 Å². The number of rotatable bonds is 5. The molecule has 0 atom stereocenters. The van der Waals surface area contributed by atoms with Crippen molar-refractivity contribution in [3.63, 3.8) is 0 Å². The van der Waals surface area contributed by atoms with Crippen LogP contribution in [0.25, 0.3) is 0 Å². The van der Waals surface area contributed by atoms with E-state index in [0.717, 1.165) is 19.5 Å². The van der Waals surface area contributed by atoms with Crippen molar-refractivity contribution < 1.29 is 4.79 Å². The quantitative estimate of drug-likeness (QED) is 0.445. The standard InChI is InChI=1S/C12H19N3O/c1-3-8-15(2)9-10-4-6-11(7-5-10)12(16)14-13/h4-7H,3,8-9,13H2,1-2H3,(H,14,16). The monoisotopic (exact) mass is 221 g/mol. The molecule has 0 aliphatic rings. The molecular formula is C12H19N3O. The molecule has 0 fully saturated rings. The van der Waals surface area contributed by atoms with Gasteiger partial charge >= 0.3 is 0 Å². The Morgan fingerprint density at radius 3 is 2.50 bits per heavy atom. The number of carbonyl (C=O) groups excluding carboxylic acids is 1. The van der Waals surface area contributed by atoms with Gasteiger partial charge in [0, 0.05) is 12.1 Å². The van der Waals surface area contributed by atoms with Crippen molar-refractivity contribution >= 4 is 5.91 Å². The van der Waals surface area contributed by atoms with Gasteiger partial charge in [-0.2, -0.15) is 0 Å². The molecule has 0 heterocycles. The molecule has 0 unspecified atom stereocenters. The van der Waals surface area contributed by atoms with E-state index < -0.39 is 0 Å². The number of nitrogens with zero attached hydrogens (tertiary/aromatic N) is 1. The van der Waals surface area contributed by atoms with E-state index in [4.69, 9.17) is 5.84 Å². The maximum Gasteiger partial charge on any atom is 0.265 e. The Labute approximate surface area is 96.4 Å². The van der Waals surface area contributed by atoms with Gasteiger partial charge in [-0.15, -0.1) is 0 Å². The van der Waals surface area contributed by atoms with Crippen molar-refractivity contribution in [2.75, 3.05) is 13.6 Å². The minimum Gasteiger partial charge on any atom is -0.302 e. The Kier molecular flexibility index (Phi) is 4.95. The predicted octanol–water partition coefficient (Wildman–Crippen LogP) is 1.13. The average molecular weight is 221 g/mol. The number of hydrogen-bond acceptors (Lipinski definition) is 3. The van der Waals surface area contributed by atoms with Crippen LogP contribution in [0.3, 0.4) is 0 Å². The maximum atomic E-state index is 11.2. The summed E-state index contributed by atoms with van der Waals surface area (Å²) in [5.74, 6) is 4.80. The topological polar surface area (TPSA) is 58.4 Å². The highest BCUT2D eigenvalue weighted by atomic mass is 16.2. The summed E-state index contributed by atoms with van der Waals surface area (Å²) in [6.45, 7) is 4.13. The SMILES string of the molecule is CCCN(C)Cc1ccc(C(=O)NN)cc1. The van der Waals surface area contributed by atoms with Crippen LogP contribution in [-0.2, 0) is 6.54 Å². The first-order valence-corrected chi connectivity index (χ1v) is 5.45. The lowest BCUT2D eigenvalue weighted by Gasteiger charge is -2.15. The van der Waals surface area contributed by atoms with Crippen LogP contribution < -0.4 is 11.3 Å². The molecule has 0 spiro atoms. The molecule has 0 aliphatic heterocycles. The number of nitrogen functional groups attached to an aromatic ring is 1. The van der Waals surface area contributed by atoms with Gasteiger partial charge in [-0.1, -0.05) is 19.1 Å². The fourth-order valence-electron chi connectivity index (χ4n) is 1.62. The lowest BCUT2D eigenvalue weighted by atomic mass is 10.1. The van der Waals surface area contributed by atoms with Gasteiger partial charge < -0.3 is 4.90 Å². The first-order valence-electron chi connectivity index (χ1n) is 5.45. The molecule has 16 heavy (non-hydrogen) atoms. The third kappa shape index (κ3) is 3.64. The molecule has 0 bridgehead atoms. The van der Waals surface area contributed by atoms with Gasteiger partial charge in [0.25, 0.3) is 5.91 Å². The average Bonchev–Trinajstić information content (AvgIpc) is 2.29. The lowest BCUT2D eigenvalue weighted by Crippen LogP contribution is -2.29. The van der Waals surface area contributed by atoms with Gasteiger partial charge in [-0.05, 0) is 37.7 Å². The summed E-state index contributed by atoms with van der Waals surface area (Å²) in [5.41, 5.74) is 3.90. The van der Waals surface area contributed by atoms with Crippen LogP contribution in [0.15, 0.2) is 24.3 Å². The first-order chi connectivity index (χ1) is 7.67. The van der Waals surface area contributed by atoms with E-state index >= 15 is 0 Å². The van der Waals surface area contributed by atoms with Crippen molar-refractivity contribution in [2.45, 2.75) is 19.9 Å². The summed E-state index contributed by atoms with van der Waals surface area (Å²) >= 11 is 0. The number of nitrogens with one attached hydrogen (secondary N) is 1. The zero-order valence-electron chi connectivity index (χ0n) is 9.86. The van der Waals surface area contributed by atoms with Crippen LogP contribution in [0.5, 0.6) is 0 Å². The van der Waals surface area contributed by atoms with E-state index in [9.17, 15) is 4.79 Å². The molecule has 4 nitrogen and oxygen atoms in total. The van der Waals surface area contributed by atoms with Crippen molar-refractivity contribution in [1.29, 1.82) is 0 Å². The fraction of sp³-hybridized carbons (Fsp3) is 0.417. The molecule has 0 saturated heterocycles. The number of amides is 1. The third-order valence-electron chi connectivity index (χ3n) is 2.41. The van der Waals surface area contributed by atoms with Crippen LogP contribution in [0, 0.1) is 0 Å². The van der Waals surface area contributed by atoms with Gasteiger partial charge in [0.15, 0.2) is 0 Å². The third-order valence-corrected chi connectivity index (χ3v) is 2.41. The van der Waals surface area contributed by atoms with E-state index in [1.807, 2.05) is 12.1 Å². The normalized spacial score (nSPS) is 10.5. The van der Waals surface area contributed by atoms with Crippen molar-refractivity contribution in [3.05, 3.63) is 35.4 Å². The molecule has 0 radical (unpaired) electrons. The van der Waals surface area contributed by atoms with Crippen LogP contribution >= 0.6 is 0 Å². The van der Waals surface area contributed by atoms with Crippen molar-refractivity contribution in [3.8, 4) is 0 Å². The summed E-state index contributed by atoms with van der Waals surface area (Å²) in [6, 6.07) is 7.49. The van der Waals surface area contributed by atoms with Gasteiger partial charge in [0.1, 0.15) is 0 Å². The van der Waals surface area contributed by atoms with E-state index in [2.05, 4.69) is 24.3 Å². The summed E-state index contributed by atoms with van der Waals surface area (Å²) in [4.78, 5) is 13.5. The molecule has 4 heteroatoms. The second-order valence-corrected chi connectivity index (χ2v) is 3.91. The minimum absolute atomic E-state index is 0.256. The molecule has 1 aromatic carbocycles. The van der Waals surface area contributed by atoms with Crippen LogP contribution in [0.2, 0.25) is 0 Å². The smallest absolute Gasteiger partial charge is 0.265 e. The molecule has 1 aromatic rings. The zero-order valence-corrected chi connectivity index (χ0v) is 9.86. The van der Waals surface area contributed by atoms with E-state index in [1.54, 1.807) is 12.1 Å². The Balaban J connectivity index is 2.61. The second kappa shape index (κ2) is 6.25. The Hall–Kier alpha value is -1.39. The van der Waals surface area contributed by atoms with Crippen LogP contribution in [0.4, 0.5) is 0 Å². The highest BCUT2D eigenvalue weighted by Gasteiger charge is 2.03. The predicted molar refractivity (Wildman–Crippen MR) is 64.7 cm³/mol. The number of carbonyl (C=O) groups is 1. The highest BCUT2D eigenvalue weighted by Crippen LogP contribution is 2.06. The fourth-order valence-corrected chi connectivity index (χ4v) is 1.62. The number of benzene rings is 1. The Morgan fingerprint density at radius 1 is 1.38 bits per heavy atom. The summed E-state index contributed by atoms with van der Waals surface area (Å²) < 4.78 is 0. The van der Waals surface area contributed by atoms with Gasteiger partial charge in [-0.25, -0.2) is 5.84 Å². The lowest BCUT2D eigenvalue weighted by molar-refractivity contribution is 0.0953. The molecule has 0 aliphatic carbocycles. The number of hydrogen-bond donors (Lipinski definition) is 2. The van der Waals surface area contributed by atoms with Gasteiger partial charge in [0.05, 0.1) is 0 Å². The number of nitrogens with two attached hydrogens (primary N) is 1. The first kappa shape index (κ1) is 12.7. The highest BCUT2D eigenvalue weighted by molar-refractivity contribution is 5.93. The Bertz CT molecular complexity index is 335. The molecular weight excluding hydrogens is 202 g/mol. The number of hydrazine groups is 1. The van der Waals surface area contributed by atoms with E-state index in [-0.39, 0.29) is 5.91 Å². The van der Waals surface area contributed by atoms with Crippen LogP contribution in [0.1, 0.15) is 29.3 Å². The van der Waals surface area contributed by atoms with Gasteiger partial charge in [-0.3, -0.25) is 10.2 Å². The summed E-state index contributed by atoms with van der Waals surface area (Å²) in [5, 5.41) is 0. The molecule has 1 rings (SSSR count). The summed E-state index contributed by atoms with van der Waals surface area (Å²) in [6.07, 6.45) is 1.14. The molecule has 3 N–H and O–H groups in total. The maximum absolute atomic E-state index is 11.2. The molecule has 88 valence electrons. The van der Waals surface area contributed by atoms with Gasteiger partial charge in [0.2, 0.25) is 0 Å². The second-order valence-electron chi connectivity index (χ2n) is 3.91. The minimum atomic E-state index is -0.256. The van der Waals surface area contributed by atoms with Crippen molar-refractivity contribution in [2.24, 2.45) is 5.84 Å². The van der Waals surface area contributed by atoms with Crippen molar-refractivity contribution in [1.82, 2.24) is 10.3 Å². The largest absolute Gasteiger partial charge is 0.302 e. The summed E-state index contributed by atoms with van der Waals surface area (Å²) in [7, 11) is 2.09. The van der Waals surface area contributed by atoms with E-state index in [0.29, 0.717) is 5.56 Å². The molecule has 1 amide bonds. The zero-order chi connectivity index (χ0) is 12.0.